The summed E-state index contributed by atoms with van der Waals surface area (Å²) in [7, 11) is 0. The van der Waals surface area contributed by atoms with Crippen molar-refractivity contribution in [3.05, 3.63) is 46.6 Å². The molecule has 2 aromatic rings. The van der Waals surface area contributed by atoms with Gasteiger partial charge >= 0.3 is 0 Å². The lowest BCUT2D eigenvalue weighted by Crippen LogP contribution is -2.61. The van der Waals surface area contributed by atoms with Gasteiger partial charge in [-0.2, -0.15) is 10.2 Å². The van der Waals surface area contributed by atoms with E-state index >= 15 is 0 Å². The van der Waals surface area contributed by atoms with Crippen LogP contribution in [-0.2, 0) is 11.3 Å². The number of nitrogens with one attached hydrogen (secondary N) is 4. The smallest absolute Gasteiger partial charge is 0.224 e. The van der Waals surface area contributed by atoms with E-state index in [1.165, 1.54) is 57.8 Å². The molecule has 2 heterocycles. The molecule has 1 aromatic carbocycles. The van der Waals surface area contributed by atoms with Crippen LogP contribution in [-0.4, -0.2) is 53.9 Å². The van der Waals surface area contributed by atoms with Gasteiger partial charge in [0.1, 0.15) is 17.5 Å². The molecule has 8 nitrogen and oxygen atoms in total. The Labute approximate surface area is 261 Å². The summed E-state index contributed by atoms with van der Waals surface area (Å²) < 4.78 is 5.54. The first-order chi connectivity index (χ1) is 21.1. The maximum Gasteiger partial charge on any atom is 0.224 e. The van der Waals surface area contributed by atoms with Crippen molar-refractivity contribution >= 4 is 23.4 Å². The number of halogens is 1. The molecule has 5 atom stereocenters. The highest BCUT2D eigenvalue weighted by Gasteiger charge is 2.55. The summed E-state index contributed by atoms with van der Waals surface area (Å²) in [4.78, 5) is 9.10. The molecule has 8 rings (SSSR count). The van der Waals surface area contributed by atoms with Crippen molar-refractivity contribution in [1.82, 2.24) is 20.6 Å². The molecule has 0 radical (unpaired) electrons. The van der Waals surface area contributed by atoms with Crippen LogP contribution in [0.5, 0.6) is 0 Å². The standard InChI is InChI=1S/C34H46ClN7O/c35-30-4-2-1-3-23(30)19-37-33-38-20-26(18-36)32(42-33)39-21-34-15-22-13-24(16-34)31(25(14-22)17-34)41-28-7-5-27(6-8-28)40-29-9-11-43-12-10-29/h1-4,20,22,24-25,27-29,31,40-41H,5-17,19,21H2,(H2,37,38,39,42)/t22?,24-,25+,27?,28?,31?,34?. The molecule has 0 amide bonds. The zero-order chi connectivity index (χ0) is 29.2. The van der Waals surface area contributed by atoms with E-state index in [2.05, 4.69) is 32.3 Å². The second kappa shape index (κ2) is 12.9. The van der Waals surface area contributed by atoms with E-state index in [4.69, 9.17) is 21.3 Å². The Hall–Kier alpha value is -2.44. The number of nitrogens with zero attached hydrogens (tertiary/aromatic N) is 3. The number of ether oxygens (including phenoxy) is 1. The van der Waals surface area contributed by atoms with Crippen LogP contribution in [0.25, 0.3) is 0 Å². The number of rotatable bonds is 10. The molecular weight excluding hydrogens is 558 g/mol. The summed E-state index contributed by atoms with van der Waals surface area (Å²) in [5.41, 5.74) is 1.78. The van der Waals surface area contributed by atoms with Gasteiger partial charge in [0.2, 0.25) is 5.95 Å². The van der Waals surface area contributed by atoms with Crippen molar-refractivity contribution in [2.75, 3.05) is 30.4 Å². The summed E-state index contributed by atoms with van der Waals surface area (Å²) in [5, 5.41) is 25.6. The first-order valence-electron chi connectivity index (χ1n) is 16.6. The van der Waals surface area contributed by atoms with E-state index in [0.29, 0.717) is 58.5 Å². The molecule has 0 spiro atoms. The molecular formula is C34H46ClN7O. The van der Waals surface area contributed by atoms with Gasteiger partial charge in [0.05, 0.1) is 6.20 Å². The van der Waals surface area contributed by atoms with Crippen LogP contribution < -0.4 is 21.3 Å². The summed E-state index contributed by atoms with van der Waals surface area (Å²) in [5.74, 6) is 3.51. The molecule has 1 aromatic heterocycles. The molecule has 230 valence electrons. The summed E-state index contributed by atoms with van der Waals surface area (Å²) in [6.07, 6.45) is 15.7. The van der Waals surface area contributed by atoms with Crippen molar-refractivity contribution in [3.63, 3.8) is 0 Å². The fourth-order valence-corrected chi connectivity index (χ4v) is 9.55. The molecule has 43 heavy (non-hydrogen) atoms. The van der Waals surface area contributed by atoms with Crippen LogP contribution in [0, 0.1) is 34.5 Å². The van der Waals surface area contributed by atoms with Gasteiger partial charge in [-0.1, -0.05) is 29.8 Å². The minimum atomic E-state index is 0.294. The lowest BCUT2D eigenvalue weighted by molar-refractivity contribution is -0.0730. The van der Waals surface area contributed by atoms with Gasteiger partial charge in [0.15, 0.2) is 0 Å². The molecule has 4 bridgehead atoms. The van der Waals surface area contributed by atoms with E-state index < -0.39 is 0 Å². The number of anilines is 2. The largest absolute Gasteiger partial charge is 0.381 e. The Morgan fingerprint density at radius 3 is 2.33 bits per heavy atom. The van der Waals surface area contributed by atoms with E-state index in [1.54, 1.807) is 6.20 Å². The fraction of sp³-hybridized carbons (Fsp3) is 0.676. The second-order valence-electron chi connectivity index (χ2n) is 14.1. The summed E-state index contributed by atoms with van der Waals surface area (Å²) in [6.45, 7) is 3.24. The maximum absolute atomic E-state index is 9.78. The first-order valence-corrected chi connectivity index (χ1v) is 17.0. The molecule has 4 N–H and O–H groups in total. The molecule has 9 heteroatoms. The number of aromatic nitrogens is 2. The summed E-state index contributed by atoms with van der Waals surface area (Å²) in [6, 6.07) is 12.7. The predicted molar refractivity (Wildman–Crippen MR) is 170 cm³/mol. The number of benzene rings is 1. The van der Waals surface area contributed by atoms with Gasteiger partial charge < -0.3 is 26.0 Å². The number of hydrogen-bond acceptors (Lipinski definition) is 8. The van der Waals surface area contributed by atoms with Gasteiger partial charge in [0, 0.05) is 55.5 Å². The summed E-state index contributed by atoms with van der Waals surface area (Å²) >= 11 is 6.33. The second-order valence-corrected chi connectivity index (χ2v) is 14.5. The van der Waals surface area contributed by atoms with E-state index in [0.717, 1.165) is 55.9 Å². The van der Waals surface area contributed by atoms with Crippen molar-refractivity contribution in [2.24, 2.45) is 23.2 Å². The maximum atomic E-state index is 9.78. The molecule has 3 unspecified atom stereocenters. The lowest BCUT2D eigenvalue weighted by Gasteiger charge is -2.61. The average Bonchev–Trinajstić information content (AvgIpc) is 3.02. The van der Waals surface area contributed by atoms with Crippen LogP contribution in [0.15, 0.2) is 30.5 Å². The van der Waals surface area contributed by atoms with Crippen LogP contribution in [0.2, 0.25) is 5.02 Å². The van der Waals surface area contributed by atoms with Crippen molar-refractivity contribution in [3.8, 4) is 6.07 Å². The van der Waals surface area contributed by atoms with Gasteiger partial charge in [-0.05, 0) is 105 Å². The Kier molecular flexibility index (Phi) is 8.78. The highest BCUT2D eigenvalue weighted by atomic mass is 35.5. The Morgan fingerprint density at radius 2 is 1.60 bits per heavy atom. The Balaban J connectivity index is 0.937. The number of nitriles is 1. The van der Waals surface area contributed by atoms with Crippen LogP contribution in [0.4, 0.5) is 11.8 Å². The SMILES string of the molecule is N#Cc1cnc(NCc2ccccc2Cl)nc1NCC12CC3C[C@H](C1)C(NC1CCC(NC4CCOCC4)CC1)[C@@H](C3)C2. The van der Waals surface area contributed by atoms with Gasteiger partial charge in [0.25, 0.3) is 0 Å². The number of hydrogen-bond donors (Lipinski definition) is 4. The van der Waals surface area contributed by atoms with E-state index in [-0.39, 0.29) is 0 Å². The molecule has 6 fully saturated rings. The molecule has 5 saturated carbocycles. The predicted octanol–water partition coefficient (Wildman–Crippen LogP) is 5.89. The van der Waals surface area contributed by atoms with E-state index in [9.17, 15) is 5.26 Å². The van der Waals surface area contributed by atoms with Crippen LogP contribution in [0.3, 0.4) is 0 Å². The third-order valence-corrected chi connectivity index (χ3v) is 11.6. The van der Waals surface area contributed by atoms with Crippen LogP contribution >= 0.6 is 11.6 Å². The zero-order valence-corrected chi connectivity index (χ0v) is 25.9. The van der Waals surface area contributed by atoms with Crippen LogP contribution in [0.1, 0.15) is 81.8 Å². The van der Waals surface area contributed by atoms with Gasteiger partial charge in [-0.3, -0.25) is 0 Å². The average molecular weight is 604 g/mol. The zero-order valence-electron chi connectivity index (χ0n) is 25.2. The normalized spacial score (nSPS) is 33.7. The topological polar surface area (TPSA) is 107 Å². The minimum Gasteiger partial charge on any atom is -0.381 e. The van der Waals surface area contributed by atoms with Crippen molar-refractivity contribution in [1.29, 1.82) is 5.26 Å². The monoisotopic (exact) mass is 603 g/mol. The van der Waals surface area contributed by atoms with Gasteiger partial charge in [-0.25, -0.2) is 4.98 Å². The van der Waals surface area contributed by atoms with E-state index in [1.807, 2.05) is 24.3 Å². The minimum absolute atomic E-state index is 0.294. The fourth-order valence-electron chi connectivity index (χ4n) is 9.35. The molecule has 5 aliphatic carbocycles. The molecule has 6 aliphatic rings. The highest BCUT2D eigenvalue weighted by Crippen LogP contribution is 2.60. The highest BCUT2D eigenvalue weighted by molar-refractivity contribution is 6.31. The third-order valence-electron chi connectivity index (χ3n) is 11.2. The Morgan fingerprint density at radius 1 is 0.907 bits per heavy atom. The van der Waals surface area contributed by atoms with Gasteiger partial charge in [-0.15, -0.1) is 0 Å². The lowest BCUT2D eigenvalue weighted by atomic mass is 9.47. The molecule has 1 aliphatic heterocycles. The third kappa shape index (κ3) is 6.66. The quantitative estimate of drug-likeness (QED) is 0.266. The van der Waals surface area contributed by atoms with Crippen molar-refractivity contribution in [2.45, 2.75) is 101 Å². The first kappa shape index (κ1) is 29.3. The molecule has 1 saturated heterocycles. The van der Waals surface area contributed by atoms with Crippen molar-refractivity contribution < 1.29 is 4.74 Å². The Bertz CT molecular complexity index is 1290.